The van der Waals surface area contributed by atoms with Crippen LogP contribution >= 0.6 is 0 Å². The monoisotopic (exact) mass is 227 g/mol. The van der Waals surface area contributed by atoms with Crippen molar-refractivity contribution >= 4 is 5.91 Å². The highest BCUT2D eigenvalue weighted by molar-refractivity contribution is 5.81. The minimum Gasteiger partial charge on any atom is -0.354 e. The van der Waals surface area contributed by atoms with Crippen molar-refractivity contribution < 1.29 is 4.79 Å². The van der Waals surface area contributed by atoms with Crippen molar-refractivity contribution in [3.05, 3.63) is 0 Å². The number of likely N-dealkylation sites (tertiary alicyclic amines) is 1. The van der Waals surface area contributed by atoms with Gasteiger partial charge in [0.25, 0.3) is 0 Å². The van der Waals surface area contributed by atoms with Crippen LogP contribution in [0.25, 0.3) is 0 Å². The average molecular weight is 227 g/mol. The number of rotatable bonds is 5. The van der Waals surface area contributed by atoms with Crippen LogP contribution in [0.1, 0.15) is 32.6 Å². The van der Waals surface area contributed by atoms with Crippen molar-refractivity contribution in [2.24, 2.45) is 11.7 Å². The highest BCUT2D eigenvalue weighted by Gasteiger charge is 2.19. The van der Waals surface area contributed by atoms with Crippen LogP contribution < -0.4 is 11.1 Å². The van der Waals surface area contributed by atoms with Crippen LogP contribution in [0.15, 0.2) is 0 Å². The van der Waals surface area contributed by atoms with E-state index in [1.165, 1.54) is 19.4 Å². The first-order valence-electron chi connectivity index (χ1n) is 6.35. The molecule has 0 spiro atoms. The van der Waals surface area contributed by atoms with Gasteiger partial charge in [-0.3, -0.25) is 4.79 Å². The van der Waals surface area contributed by atoms with E-state index in [1.807, 2.05) is 6.92 Å². The van der Waals surface area contributed by atoms with Gasteiger partial charge in [-0.15, -0.1) is 0 Å². The Kier molecular flexibility index (Phi) is 5.77. The summed E-state index contributed by atoms with van der Waals surface area (Å²) in [6.07, 6.45) is 4.18. The first-order valence-corrected chi connectivity index (χ1v) is 6.35. The number of carbonyl (C=O) groups is 1. The molecule has 1 amide bonds. The Morgan fingerprint density at radius 3 is 3.00 bits per heavy atom. The predicted octanol–water partition coefficient (Wildman–Crippen LogP) is 0.572. The fraction of sp³-hybridized carbons (Fsp3) is 0.917. The van der Waals surface area contributed by atoms with Crippen molar-refractivity contribution in [1.29, 1.82) is 0 Å². The average Bonchev–Trinajstić information content (AvgIpc) is 2.26. The maximum Gasteiger partial charge on any atom is 0.236 e. The summed E-state index contributed by atoms with van der Waals surface area (Å²) in [4.78, 5) is 13.9. The molecule has 0 aliphatic carbocycles. The number of nitrogens with one attached hydrogen (secondary N) is 1. The van der Waals surface area contributed by atoms with Crippen LogP contribution in [-0.2, 0) is 4.79 Å². The Balaban J connectivity index is 2.20. The Labute approximate surface area is 98.6 Å². The number of amides is 1. The van der Waals surface area contributed by atoms with Crippen LogP contribution in [-0.4, -0.2) is 43.5 Å². The lowest BCUT2D eigenvalue weighted by atomic mass is 9.98. The van der Waals surface area contributed by atoms with Gasteiger partial charge in [-0.05, 0) is 38.8 Å². The fourth-order valence-corrected chi connectivity index (χ4v) is 2.26. The maximum atomic E-state index is 11.6. The predicted molar refractivity (Wildman–Crippen MR) is 66.1 cm³/mol. The van der Waals surface area contributed by atoms with Gasteiger partial charge in [0.05, 0.1) is 6.04 Å². The number of nitrogens with two attached hydrogens (primary N) is 1. The second-order valence-corrected chi connectivity index (χ2v) is 4.91. The standard InChI is InChI=1S/C12H25N3O/c1-3-5-11(13)12(16)14-8-10-6-4-7-15(2)9-10/h10-11H,3-9,13H2,1-2H3,(H,14,16)/t10?,11-/m0/s1. The lowest BCUT2D eigenvalue weighted by Gasteiger charge is -2.29. The second-order valence-electron chi connectivity index (χ2n) is 4.91. The summed E-state index contributed by atoms with van der Waals surface area (Å²) >= 11 is 0. The summed E-state index contributed by atoms with van der Waals surface area (Å²) < 4.78 is 0. The van der Waals surface area contributed by atoms with E-state index in [0.29, 0.717) is 5.92 Å². The number of carbonyl (C=O) groups excluding carboxylic acids is 1. The molecule has 4 nitrogen and oxygen atoms in total. The van der Waals surface area contributed by atoms with Gasteiger partial charge in [0.1, 0.15) is 0 Å². The van der Waals surface area contributed by atoms with Gasteiger partial charge in [0.2, 0.25) is 5.91 Å². The molecule has 0 saturated carbocycles. The van der Waals surface area contributed by atoms with Crippen molar-refractivity contribution in [2.45, 2.75) is 38.6 Å². The number of piperidine rings is 1. The van der Waals surface area contributed by atoms with Gasteiger partial charge >= 0.3 is 0 Å². The quantitative estimate of drug-likeness (QED) is 0.722. The molecule has 1 rings (SSSR count). The molecule has 1 aliphatic rings. The van der Waals surface area contributed by atoms with E-state index in [-0.39, 0.29) is 11.9 Å². The molecule has 1 saturated heterocycles. The summed E-state index contributed by atoms with van der Waals surface area (Å²) in [6.45, 7) is 5.09. The molecule has 1 aliphatic heterocycles. The smallest absolute Gasteiger partial charge is 0.236 e. The van der Waals surface area contributed by atoms with Gasteiger partial charge in [0.15, 0.2) is 0 Å². The van der Waals surface area contributed by atoms with Crippen molar-refractivity contribution in [1.82, 2.24) is 10.2 Å². The molecule has 2 atom stereocenters. The minimum atomic E-state index is -0.327. The van der Waals surface area contributed by atoms with Crippen LogP contribution in [0.2, 0.25) is 0 Å². The van der Waals surface area contributed by atoms with E-state index in [9.17, 15) is 4.79 Å². The summed E-state index contributed by atoms with van der Waals surface area (Å²) in [5.41, 5.74) is 5.75. The third kappa shape index (κ3) is 4.49. The van der Waals surface area contributed by atoms with Gasteiger partial charge in [-0.1, -0.05) is 13.3 Å². The highest BCUT2D eigenvalue weighted by atomic mass is 16.2. The molecule has 1 unspecified atom stereocenters. The van der Waals surface area contributed by atoms with Crippen LogP contribution in [0.4, 0.5) is 0 Å². The molecule has 0 aromatic rings. The van der Waals surface area contributed by atoms with E-state index in [2.05, 4.69) is 17.3 Å². The van der Waals surface area contributed by atoms with Gasteiger partial charge in [-0.2, -0.15) is 0 Å². The Bertz CT molecular complexity index is 220. The molecule has 1 heterocycles. The number of nitrogens with zero attached hydrogens (tertiary/aromatic N) is 1. The summed E-state index contributed by atoms with van der Waals surface area (Å²) in [5.74, 6) is 0.603. The zero-order chi connectivity index (χ0) is 12.0. The van der Waals surface area contributed by atoms with E-state index >= 15 is 0 Å². The minimum absolute atomic E-state index is 0.00933. The second kappa shape index (κ2) is 6.86. The lowest BCUT2D eigenvalue weighted by Crippen LogP contribution is -2.44. The van der Waals surface area contributed by atoms with E-state index in [4.69, 9.17) is 5.73 Å². The number of hydrogen-bond acceptors (Lipinski definition) is 3. The Morgan fingerprint density at radius 1 is 1.62 bits per heavy atom. The first kappa shape index (κ1) is 13.5. The molecule has 4 heteroatoms. The highest BCUT2D eigenvalue weighted by Crippen LogP contribution is 2.13. The molecule has 0 bridgehead atoms. The van der Waals surface area contributed by atoms with Gasteiger partial charge < -0.3 is 16.0 Å². The Morgan fingerprint density at radius 2 is 2.38 bits per heavy atom. The SMILES string of the molecule is CCC[C@H](N)C(=O)NCC1CCCN(C)C1. The van der Waals surface area contributed by atoms with E-state index < -0.39 is 0 Å². The molecule has 0 radical (unpaired) electrons. The summed E-state index contributed by atoms with van der Waals surface area (Å²) in [5, 5.41) is 2.97. The van der Waals surface area contributed by atoms with Crippen LogP contribution in [0.3, 0.4) is 0 Å². The Hall–Kier alpha value is -0.610. The third-order valence-electron chi connectivity index (χ3n) is 3.22. The zero-order valence-corrected chi connectivity index (χ0v) is 10.5. The molecule has 0 aromatic carbocycles. The van der Waals surface area contributed by atoms with E-state index in [0.717, 1.165) is 25.9 Å². The van der Waals surface area contributed by atoms with Crippen LogP contribution in [0.5, 0.6) is 0 Å². The number of hydrogen-bond donors (Lipinski definition) is 2. The van der Waals surface area contributed by atoms with Gasteiger partial charge in [0, 0.05) is 13.1 Å². The van der Waals surface area contributed by atoms with Crippen molar-refractivity contribution in [3.8, 4) is 0 Å². The molecule has 1 fully saturated rings. The van der Waals surface area contributed by atoms with E-state index in [1.54, 1.807) is 0 Å². The summed E-state index contributed by atoms with van der Waals surface area (Å²) in [7, 11) is 2.14. The summed E-state index contributed by atoms with van der Waals surface area (Å²) in [6, 6.07) is -0.327. The third-order valence-corrected chi connectivity index (χ3v) is 3.22. The molecular weight excluding hydrogens is 202 g/mol. The molecule has 0 aromatic heterocycles. The maximum absolute atomic E-state index is 11.6. The van der Waals surface area contributed by atoms with Crippen molar-refractivity contribution in [3.63, 3.8) is 0 Å². The largest absolute Gasteiger partial charge is 0.354 e. The zero-order valence-electron chi connectivity index (χ0n) is 10.5. The molecule has 94 valence electrons. The molecule has 16 heavy (non-hydrogen) atoms. The first-order chi connectivity index (χ1) is 7.63. The topological polar surface area (TPSA) is 58.4 Å². The fourth-order valence-electron chi connectivity index (χ4n) is 2.26. The van der Waals surface area contributed by atoms with Crippen molar-refractivity contribution in [2.75, 3.05) is 26.7 Å². The molecule has 3 N–H and O–H groups in total. The normalized spacial score (nSPS) is 24.1. The van der Waals surface area contributed by atoms with Gasteiger partial charge in [-0.25, -0.2) is 0 Å². The molecular formula is C12H25N3O. The lowest BCUT2D eigenvalue weighted by molar-refractivity contribution is -0.122. The van der Waals surface area contributed by atoms with Crippen LogP contribution in [0, 0.1) is 5.92 Å².